The molecular weight excluding hydrogens is 250 g/mol. The van der Waals surface area contributed by atoms with Crippen LogP contribution in [0.15, 0.2) is 29.1 Å². The van der Waals surface area contributed by atoms with Crippen LogP contribution >= 0.6 is 0 Å². The van der Waals surface area contributed by atoms with E-state index in [0.717, 1.165) is 24.1 Å². The first-order valence-electron chi connectivity index (χ1n) is 7.08. The Kier molecular flexibility index (Phi) is 3.40. The predicted molar refractivity (Wildman–Crippen MR) is 78.7 cm³/mol. The fourth-order valence-corrected chi connectivity index (χ4v) is 2.88. The van der Waals surface area contributed by atoms with E-state index in [-0.39, 0.29) is 5.56 Å². The minimum atomic E-state index is -0.396. The lowest BCUT2D eigenvalue weighted by Gasteiger charge is -2.19. The number of hydrogen-bond acceptors (Lipinski definition) is 3. The first kappa shape index (κ1) is 13.1. The van der Waals surface area contributed by atoms with E-state index >= 15 is 0 Å². The molecule has 3 rings (SSSR count). The van der Waals surface area contributed by atoms with Crippen molar-refractivity contribution in [3.8, 4) is 0 Å². The summed E-state index contributed by atoms with van der Waals surface area (Å²) in [7, 11) is 0. The van der Waals surface area contributed by atoms with Gasteiger partial charge in [-0.25, -0.2) is 5.10 Å². The van der Waals surface area contributed by atoms with Gasteiger partial charge in [-0.2, -0.15) is 5.10 Å². The Bertz CT molecular complexity index is 690. The molecule has 1 unspecified atom stereocenters. The topological polar surface area (TPSA) is 71.8 Å². The number of nitrogens with zero attached hydrogens (tertiary/aromatic N) is 1. The molecule has 3 N–H and O–H groups in total. The van der Waals surface area contributed by atoms with E-state index in [1.54, 1.807) is 6.07 Å². The molecule has 20 heavy (non-hydrogen) atoms. The van der Waals surface area contributed by atoms with Gasteiger partial charge in [0.25, 0.3) is 5.56 Å². The van der Waals surface area contributed by atoms with Crippen molar-refractivity contribution in [2.45, 2.75) is 38.6 Å². The summed E-state index contributed by atoms with van der Waals surface area (Å²) in [6.07, 6.45) is 4.77. The molecular formula is C16H19N3O. The number of nitrogens with two attached hydrogens (primary N) is 1. The molecule has 1 heterocycles. The van der Waals surface area contributed by atoms with Gasteiger partial charge in [-0.1, -0.05) is 18.2 Å². The van der Waals surface area contributed by atoms with Gasteiger partial charge in [0, 0.05) is 5.56 Å². The minimum Gasteiger partial charge on any atom is -0.320 e. The van der Waals surface area contributed by atoms with Gasteiger partial charge < -0.3 is 5.73 Å². The lowest BCUT2D eigenvalue weighted by Crippen LogP contribution is -2.24. The van der Waals surface area contributed by atoms with Crippen molar-refractivity contribution in [2.24, 2.45) is 5.73 Å². The van der Waals surface area contributed by atoms with Crippen molar-refractivity contribution in [1.29, 1.82) is 0 Å². The summed E-state index contributed by atoms with van der Waals surface area (Å²) < 4.78 is 0. The maximum atomic E-state index is 11.9. The first-order chi connectivity index (χ1) is 9.65. The summed E-state index contributed by atoms with van der Waals surface area (Å²) in [6.45, 7) is 1.85. The monoisotopic (exact) mass is 269 g/mol. The number of H-pyrrole nitrogens is 1. The highest BCUT2D eigenvalue weighted by Gasteiger charge is 2.16. The van der Waals surface area contributed by atoms with Crippen molar-refractivity contribution < 1.29 is 0 Å². The molecule has 0 bridgehead atoms. The van der Waals surface area contributed by atoms with Gasteiger partial charge in [0.1, 0.15) is 0 Å². The molecule has 0 fully saturated rings. The van der Waals surface area contributed by atoms with Crippen LogP contribution in [0, 0.1) is 6.92 Å². The molecule has 4 heteroatoms. The van der Waals surface area contributed by atoms with Gasteiger partial charge in [-0.05, 0) is 55.4 Å². The number of benzene rings is 1. The molecule has 0 saturated heterocycles. The number of nitrogens with one attached hydrogen (secondary N) is 1. The number of hydrogen-bond donors (Lipinski definition) is 2. The average molecular weight is 269 g/mol. The molecule has 0 spiro atoms. The van der Waals surface area contributed by atoms with Crippen LogP contribution in [0.3, 0.4) is 0 Å². The van der Waals surface area contributed by atoms with Crippen molar-refractivity contribution in [1.82, 2.24) is 10.2 Å². The molecule has 1 aliphatic rings. The third kappa shape index (κ3) is 2.39. The Balaban J connectivity index is 2.00. The smallest absolute Gasteiger partial charge is 0.269 e. The highest BCUT2D eigenvalue weighted by Crippen LogP contribution is 2.25. The van der Waals surface area contributed by atoms with E-state index in [1.165, 1.54) is 24.0 Å². The third-order valence-electron chi connectivity index (χ3n) is 4.03. The van der Waals surface area contributed by atoms with Crippen molar-refractivity contribution in [3.63, 3.8) is 0 Å². The number of fused-ring (bicyclic) bond motifs is 1. The summed E-state index contributed by atoms with van der Waals surface area (Å²) in [5.41, 5.74) is 11.2. The number of aromatic amines is 1. The van der Waals surface area contributed by atoms with Gasteiger partial charge >= 0.3 is 0 Å². The standard InChI is InChI=1S/C16H19N3O/c1-10-8-14(16(20)19-18-10)15(17)13-7-6-11-4-2-3-5-12(11)9-13/h6-9,15H,2-5,17H2,1H3,(H,19,20). The molecule has 104 valence electrons. The van der Waals surface area contributed by atoms with Crippen LogP contribution in [0.5, 0.6) is 0 Å². The van der Waals surface area contributed by atoms with Crippen molar-refractivity contribution >= 4 is 0 Å². The SMILES string of the molecule is Cc1cc(C(N)c2ccc3c(c2)CCCC3)c(=O)[nH]n1. The number of aryl methyl sites for hydroxylation is 3. The van der Waals surface area contributed by atoms with Crippen LogP contribution in [-0.4, -0.2) is 10.2 Å². The van der Waals surface area contributed by atoms with E-state index in [4.69, 9.17) is 5.73 Å². The van der Waals surface area contributed by atoms with E-state index in [9.17, 15) is 4.79 Å². The van der Waals surface area contributed by atoms with Crippen LogP contribution in [-0.2, 0) is 12.8 Å². The molecule has 0 saturated carbocycles. The molecule has 4 nitrogen and oxygen atoms in total. The fourth-order valence-electron chi connectivity index (χ4n) is 2.88. The van der Waals surface area contributed by atoms with E-state index in [0.29, 0.717) is 5.56 Å². The van der Waals surface area contributed by atoms with Crippen molar-refractivity contribution in [3.05, 3.63) is 62.6 Å². The lowest BCUT2D eigenvalue weighted by molar-refractivity contribution is 0.682. The Morgan fingerprint density at radius 3 is 2.75 bits per heavy atom. The Hall–Kier alpha value is -1.94. The summed E-state index contributed by atoms with van der Waals surface area (Å²) in [5.74, 6) is 0. The first-order valence-corrected chi connectivity index (χ1v) is 7.08. The highest BCUT2D eigenvalue weighted by molar-refractivity contribution is 5.38. The number of rotatable bonds is 2. The van der Waals surface area contributed by atoms with E-state index < -0.39 is 6.04 Å². The largest absolute Gasteiger partial charge is 0.320 e. The highest BCUT2D eigenvalue weighted by atomic mass is 16.1. The van der Waals surface area contributed by atoms with Crippen LogP contribution in [0.25, 0.3) is 0 Å². The normalized spacial score (nSPS) is 15.7. The molecule has 1 atom stereocenters. The molecule has 0 radical (unpaired) electrons. The second-order valence-corrected chi connectivity index (χ2v) is 5.51. The molecule has 2 aromatic rings. The van der Waals surface area contributed by atoms with Crippen LogP contribution < -0.4 is 11.3 Å². The van der Waals surface area contributed by atoms with Gasteiger partial charge in [-0.15, -0.1) is 0 Å². The summed E-state index contributed by atoms with van der Waals surface area (Å²) >= 11 is 0. The zero-order valence-electron chi connectivity index (χ0n) is 11.6. The van der Waals surface area contributed by atoms with Crippen LogP contribution in [0.2, 0.25) is 0 Å². The summed E-state index contributed by atoms with van der Waals surface area (Å²) in [4.78, 5) is 11.9. The molecule has 1 aromatic carbocycles. The lowest BCUT2D eigenvalue weighted by atomic mass is 9.88. The molecule has 0 aliphatic heterocycles. The second kappa shape index (κ2) is 5.21. The fraction of sp³-hybridized carbons (Fsp3) is 0.375. The van der Waals surface area contributed by atoms with Gasteiger partial charge in [-0.3, -0.25) is 4.79 Å². The average Bonchev–Trinajstić information content (AvgIpc) is 2.48. The summed E-state index contributed by atoms with van der Waals surface area (Å²) in [5, 5.41) is 6.39. The maximum absolute atomic E-state index is 11.9. The van der Waals surface area contributed by atoms with E-state index in [2.05, 4.69) is 22.3 Å². The molecule has 1 aromatic heterocycles. The zero-order valence-corrected chi connectivity index (χ0v) is 11.6. The Morgan fingerprint density at radius 1 is 1.20 bits per heavy atom. The predicted octanol–water partition coefficient (Wildman–Crippen LogP) is 2.01. The van der Waals surface area contributed by atoms with Gasteiger partial charge in [0.15, 0.2) is 0 Å². The van der Waals surface area contributed by atoms with Gasteiger partial charge in [0.2, 0.25) is 0 Å². The van der Waals surface area contributed by atoms with E-state index in [1.807, 2.05) is 13.0 Å². The Labute approximate surface area is 118 Å². The minimum absolute atomic E-state index is 0.208. The summed E-state index contributed by atoms with van der Waals surface area (Å²) in [6, 6.07) is 7.74. The van der Waals surface area contributed by atoms with Crippen molar-refractivity contribution in [2.75, 3.05) is 0 Å². The third-order valence-corrected chi connectivity index (χ3v) is 4.03. The van der Waals surface area contributed by atoms with Crippen LogP contribution in [0.1, 0.15) is 46.8 Å². The quantitative estimate of drug-likeness (QED) is 0.876. The number of aromatic nitrogens is 2. The van der Waals surface area contributed by atoms with Gasteiger partial charge in [0.05, 0.1) is 11.7 Å². The zero-order chi connectivity index (χ0) is 14.1. The second-order valence-electron chi connectivity index (χ2n) is 5.51. The Morgan fingerprint density at radius 2 is 1.95 bits per heavy atom. The molecule has 1 aliphatic carbocycles. The van der Waals surface area contributed by atoms with Crippen LogP contribution in [0.4, 0.5) is 0 Å². The molecule has 0 amide bonds. The maximum Gasteiger partial charge on any atom is 0.269 e.